The van der Waals surface area contributed by atoms with E-state index in [2.05, 4.69) is 10.2 Å². The molecule has 26 heavy (non-hydrogen) atoms. The van der Waals surface area contributed by atoms with Gasteiger partial charge in [0.05, 0.1) is 13.2 Å². The number of nitrogens with one attached hydrogen (secondary N) is 1. The third kappa shape index (κ3) is 4.18. The first-order valence-corrected chi connectivity index (χ1v) is 8.59. The number of rotatable bonds is 5. The first kappa shape index (κ1) is 17.9. The average molecular weight is 355 g/mol. The van der Waals surface area contributed by atoms with Crippen LogP contribution in [0.2, 0.25) is 0 Å². The molecule has 136 valence electrons. The average Bonchev–Trinajstić information content (AvgIpc) is 2.68. The highest BCUT2D eigenvalue weighted by atomic mass is 16.5. The molecule has 1 saturated heterocycles. The van der Waals surface area contributed by atoms with Gasteiger partial charge in [0.25, 0.3) is 11.8 Å². The van der Waals surface area contributed by atoms with Gasteiger partial charge in [-0.15, -0.1) is 0 Å². The molecule has 1 atom stereocenters. The number of nitrogens with zero attached hydrogens (tertiary/aromatic N) is 2. The van der Waals surface area contributed by atoms with E-state index in [0.29, 0.717) is 5.56 Å². The van der Waals surface area contributed by atoms with E-state index in [1.54, 1.807) is 36.0 Å². The topological polar surface area (TPSA) is 88.5 Å². The number of carbonyl (C=O) groups is 2. The molecule has 2 aromatic rings. The summed E-state index contributed by atoms with van der Waals surface area (Å²) < 4.78 is 7.02. The van der Waals surface area contributed by atoms with Gasteiger partial charge in [0.1, 0.15) is 5.56 Å². The summed E-state index contributed by atoms with van der Waals surface area (Å²) in [4.78, 5) is 26.1. The van der Waals surface area contributed by atoms with E-state index in [9.17, 15) is 9.59 Å². The van der Waals surface area contributed by atoms with E-state index < -0.39 is 11.9 Å². The number of ether oxygens (including phenoxy) is 1. The maximum absolute atomic E-state index is 12.5. The predicted molar refractivity (Wildman–Crippen MR) is 98.0 cm³/mol. The molecule has 0 unspecified atom stereocenters. The normalized spacial score (nSPS) is 15.3. The quantitative estimate of drug-likeness (QED) is 0.787. The van der Waals surface area contributed by atoms with Gasteiger partial charge in [-0.2, -0.15) is 4.57 Å². The molecule has 7 heteroatoms. The minimum Gasteiger partial charge on any atom is -0.378 e. The van der Waals surface area contributed by atoms with Gasteiger partial charge in [0.15, 0.2) is 12.4 Å². The number of hydrogen-bond acceptors (Lipinski definition) is 4. The fourth-order valence-corrected chi connectivity index (χ4v) is 2.84. The SMILES string of the molecule is C[C@H](C(=O)Nc1ccc(N2CCOCC2)cc1)[n+]1cccc(C(N)=O)c1. The number of nitrogens with two attached hydrogens (primary N) is 1. The maximum atomic E-state index is 12.5. The standard InChI is InChI=1S/C19H22N4O3/c1-14(23-8-2-3-15(13-23)18(20)24)19(25)21-16-4-6-17(7-5-16)22-9-11-26-12-10-22/h2-8,13-14H,9-12H2,1H3,(H2-,20,21,24,25)/p+1/t14-/m1/s1. The Morgan fingerprint density at radius 1 is 1.19 bits per heavy atom. The van der Waals surface area contributed by atoms with Crippen LogP contribution in [0.1, 0.15) is 23.3 Å². The van der Waals surface area contributed by atoms with Crippen molar-refractivity contribution in [2.45, 2.75) is 13.0 Å². The molecule has 1 aliphatic rings. The van der Waals surface area contributed by atoms with Gasteiger partial charge in [-0.05, 0) is 30.3 Å². The molecule has 3 N–H and O–H groups in total. The number of aromatic nitrogens is 1. The van der Waals surface area contributed by atoms with Gasteiger partial charge < -0.3 is 20.7 Å². The summed E-state index contributed by atoms with van der Waals surface area (Å²) in [6.45, 7) is 4.97. The Morgan fingerprint density at radius 2 is 1.88 bits per heavy atom. The lowest BCUT2D eigenvalue weighted by Gasteiger charge is -2.28. The molecule has 0 aliphatic carbocycles. The van der Waals surface area contributed by atoms with Crippen molar-refractivity contribution in [3.05, 3.63) is 54.4 Å². The van der Waals surface area contributed by atoms with Crippen LogP contribution >= 0.6 is 0 Å². The van der Waals surface area contributed by atoms with Crippen molar-refractivity contribution in [1.82, 2.24) is 0 Å². The molecular formula is C19H23N4O3+. The highest BCUT2D eigenvalue weighted by molar-refractivity contribution is 5.93. The Morgan fingerprint density at radius 3 is 2.54 bits per heavy atom. The molecule has 1 aliphatic heterocycles. The minimum atomic E-state index is -0.523. The summed E-state index contributed by atoms with van der Waals surface area (Å²) in [5.74, 6) is -0.693. The first-order valence-electron chi connectivity index (χ1n) is 8.59. The van der Waals surface area contributed by atoms with Crippen molar-refractivity contribution >= 4 is 23.2 Å². The summed E-state index contributed by atoms with van der Waals surface area (Å²) in [6, 6.07) is 10.6. The van der Waals surface area contributed by atoms with Crippen molar-refractivity contribution in [1.29, 1.82) is 0 Å². The molecule has 0 bridgehead atoms. The Kier molecular flexibility index (Phi) is 5.48. The van der Waals surface area contributed by atoms with Crippen molar-refractivity contribution < 1.29 is 18.9 Å². The smallest absolute Gasteiger partial charge is 0.293 e. The fraction of sp³-hybridized carbons (Fsp3) is 0.316. The number of benzene rings is 1. The fourth-order valence-electron chi connectivity index (χ4n) is 2.84. The van der Waals surface area contributed by atoms with E-state index in [0.717, 1.165) is 37.7 Å². The summed E-state index contributed by atoms with van der Waals surface area (Å²) in [7, 11) is 0. The molecule has 3 rings (SSSR count). The number of anilines is 2. The second-order valence-corrected chi connectivity index (χ2v) is 6.22. The second kappa shape index (κ2) is 7.97. The number of morpholine rings is 1. The van der Waals surface area contributed by atoms with Crippen molar-refractivity contribution in [2.75, 3.05) is 36.5 Å². The Labute approximate surface area is 152 Å². The monoisotopic (exact) mass is 355 g/mol. The van der Waals surface area contributed by atoms with Crippen LogP contribution < -0.4 is 20.5 Å². The van der Waals surface area contributed by atoms with Gasteiger partial charge in [-0.1, -0.05) is 0 Å². The first-order chi connectivity index (χ1) is 12.5. The number of primary amides is 1. The Hall–Kier alpha value is -2.93. The number of carbonyl (C=O) groups excluding carboxylic acids is 2. The highest BCUT2D eigenvalue weighted by Gasteiger charge is 2.23. The van der Waals surface area contributed by atoms with Gasteiger partial charge in [-0.3, -0.25) is 9.59 Å². The summed E-state index contributed by atoms with van der Waals surface area (Å²) in [5, 5.41) is 2.90. The minimum absolute atomic E-state index is 0.171. The van der Waals surface area contributed by atoms with E-state index in [1.807, 2.05) is 24.3 Å². The molecule has 1 fully saturated rings. The molecule has 2 amide bonds. The lowest BCUT2D eigenvalue weighted by Crippen LogP contribution is -2.44. The summed E-state index contributed by atoms with van der Waals surface area (Å²) in [5.41, 5.74) is 7.50. The van der Waals surface area contributed by atoms with Gasteiger partial charge in [-0.25, -0.2) is 0 Å². The largest absolute Gasteiger partial charge is 0.378 e. The second-order valence-electron chi connectivity index (χ2n) is 6.22. The van der Waals surface area contributed by atoms with Crippen LogP contribution in [0, 0.1) is 0 Å². The Bertz CT molecular complexity index is 786. The van der Waals surface area contributed by atoms with Crippen LogP contribution in [0.15, 0.2) is 48.8 Å². The molecule has 1 aromatic heterocycles. The number of pyridine rings is 1. The number of amides is 2. The third-order valence-corrected chi connectivity index (χ3v) is 4.44. The lowest BCUT2D eigenvalue weighted by atomic mass is 10.2. The van der Waals surface area contributed by atoms with Gasteiger partial charge >= 0.3 is 0 Å². The van der Waals surface area contributed by atoms with Crippen molar-refractivity contribution in [2.24, 2.45) is 5.73 Å². The number of hydrogen-bond donors (Lipinski definition) is 2. The Balaban J connectivity index is 1.65. The lowest BCUT2D eigenvalue weighted by molar-refractivity contribution is -0.705. The molecule has 0 saturated carbocycles. The third-order valence-electron chi connectivity index (χ3n) is 4.44. The zero-order chi connectivity index (χ0) is 18.5. The van der Waals surface area contributed by atoms with Crippen LogP contribution in [0.4, 0.5) is 11.4 Å². The van der Waals surface area contributed by atoms with Gasteiger partial charge in [0.2, 0.25) is 6.04 Å². The zero-order valence-electron chi connectivity index (χ0n) is 14.7. The van der Waals surface area contributed by atoms with E-state index in [-0.39, 0.29) is 5.91 Å². The van der Waals surface area contributed by atoms with E-state index in [1.165, 1.54) is 0 Å². The van der Waals surface area contributed by atoms with Gasteiger partial charge in [0, 0.05) is 37.5 Å². The maximum Gasteiger partial charge on any atom is 0.293 e. The highest BCUT2D eigenvalue weighted by Crippen LogP contribution is 2.19. The van der Waals surface area contributed by atoms with E-state index in [4.69, 9.17) is 10.5 Å². The van der Waals surface area contributed by atoms with Crippen molar-refractivity contribution in [3.8, 4) is 0 Å². The van der Waals surface area contributed by atoms with Crippen LogP contribution in [0.5, 0.6) is 0 Å². The molecule has 0 radical (unpaired) electrons. The van der Waals surface area contributed by atoms with Crippen LogP contribution in [0.3, 0.4) is 0 Å². The molecule has 7 nitrogen and oxygen atoms in total. The zero-order valence-corrected chi connectivity index (χ0v) is 14.7. The molecule has 1 aromatic carbocycles. The summed E-state index contributed by atoms with van der Waals surface area (Å²) in [6.07, 6.45) is 3.31. The van der Waals surface area contributed by atoms with Crippen LogP contribution in [0.25, 0.3) is 0 Å². The van der Waals surface area contributed by atoms with Crippen molar-refractivity contribution in [3.63, 3.8) is 0 Å². The molecular weight excluding hydrogens is 332 g/mol. The molecule has 0 spiro atoms. The predicted octanol–water partition coefficient (Wildman–Crippen LogP) is 1.11. The van der Waals surface area contributed by atoms with Crippen LogP contribution in [-0.4, -0.2) is 38.1 Å². The summed E-state index contributed by atoms with van der Waals surface area (Å²) >= 11 is 0. The van der Waals surface area contributed by atoms with Crippen LogP contribution in [-0.2, 0) is 9.53 Å². The van der Waals surface area contributed by atoms with E-state index >= 15 is 0 Å². The molecule has 2 heterocycles.